The number of aromatic nitrogens is 1. The SMILES string of the molecule is N#Cc1ccc(C(Oc2ccc3c(c2-c2ccccc2)OCCC3=O)c2ccncc2)cc1. The Kier molecular flexibility index (Phi) is 5.57. The molecule has 160 valence electrons. The molecule has 3 aromatic carbocycles. The van der Waals surface area contributed by atoms with Gasteiger partial charge in [0.25, 0.3) is 0 Å². The van der Waals surface area contributed by atoms with E-state index in [0.29, 0.717) is 35.7 Å². The molecule has 1 aliphatic rings. The summed E-state index contributed by atoms with van der Waals surface area (Å²) in [5.41, 5.74) is 4.64. The van der Waals surface area contributed by atoms with Crippen LogP contribution in [0.3, 0.4) is 0 Å². The van der Waals surface area contributed by atoms with E-state index in [1.165, 1.54) is 0 Å². The average molecular weight is 432 g/mol. The third-order valence-corrected chi connectivity index (χ3v) is 5.65. The molecule has 5 rings (SSSR count). The minimum Gasteiger partial charge on any atom is -0.492 e. The summed E-state index contributed by atoms with van der Waals surface area (Å²) in [5.74, 6) is 1.24. The third kappa shape index (κ3) is 4.07. The van der Waals surface area contributed by atoms with Crippen molar-refractivity contribution in [2.24, 2.45) is 0 Å². The quantitative estimate of drug-likeness (QED) is 0.401. The monoisotopic (exact) mass is 432 g/mol. The normalized spacial score (nSPS) is 13.4. The van der Waals surface area contributed by atoms with Crippen molar-refractivity contribution in [3.05, 3.63) is 114 Å². The van der Waals surface area contributed by atoms with E-state index in [1.54, 1.807) is 30.6 Å². The predicted octanol–water partition coefficient (Wildman–Crippen LogP) is 5.75. The molecule has 5 nitrogen and oxygen atoms in total. The molecular formula is C28H20N2O3. The standard InChI is InChI=1S/C28H20N2O3/c29-18-19-6-8-21(9-7-19)27(22-12-15-30-16-13-22)33-25-11-10-23-24(31)14-17-32-28(23)26(25)20-4-2-1-3-5-20/h1-13,15-16,27H,14,17H2. The number of Topliss-reactive ketones (excluding diaryl/α,β-unsaturated/α-hetero) is 1. The van der Waals surface area contributed by atoms with Crippen molar-refractivity contribution in [3.63, 3.8) is 0 Å². The number of nitriles is 1. The molecule has 0 bridgehead atoms. The maximum atomic E-state index is 12.6. The fourth-order valence-electron chi connectivity index (χ4n) is 4.02. The summed E-state index contributed by atoms with van der Waals surface area (Å²) in [7, 11) is 0. The highest BCUT2D eigenvalue weighted by molar-refractivity contribution is 6.02. The average Bonchev–Trinajstić information content (AvgIpc) is 2.88. The number of fused-ring (bicyclic) bond motifs is 1. The number of nitrogens with zero attached hydrogens (tertiary/aromatic N) is 2. The molecule has 0 N–H and O–H groups in total. The number of rotatable bonds is 5. The van der Waals surface area contributed by atoms with Crippen LogP contribution in [0.2, 0.25) is 0 Å². The van der Waals surface area contributed by atoms with E-state index in [4.69, 9.17) is 9.47 Å². The molecule has 33 heavy (non-hydrogen) atoms. The number of hydrogen-bond acceptors (Lipinski definition) is 5. The van der Waals surface area contributed by atoms with Crippen molar-refractivity contribution >= 4 is 5.78 Å². The van der Waals surface area contributed by atoms with Crippen LogP contribution in [0.4, 0.5) is 0 Å². The van der Waals surface area contributed by atoms with Gasteiger partial charge in [0.1, 0.15) is 17.6 Å². The lowest BCUT2D eigenvalue weighted by atomic mass is 9.95. The van der Waals surface area contributed by atoms with Gasteiger partial charge in [-0.25, -0.2) is 0 Å². The van der Waals surface area contributed by atoms with E-state index in [2.05, 4.69) is 11.1 Å². The highest BCUT2D eigenvalue weighted by Gasteiger charge is 2.27. The number of benzene rings is 3. The topological polar surface area (TPSA) is 72.2 Å². The summed E-state index contributed by atoms with van der Waals surface area (Å²) in [6.07, 6.45) is 3.37. The summed E-state index contributed by atoms with van der Waals surface area (Å²) < 4.78 is 12.6. The molecule has 0 spiro atoms. The fourth-order valence-corrected chi connectivity index (χ4v) is 4.02. The zero-order valence-electron chi connectivity index (χ0n) is 17.8. The Bertz CT molecular complexity index is 1330. The Morgan fingerprint density at radius 3 is 2.36 bits per heavy atom. The summed E-state index contributed by atoms with van der Waals surface area (Å²) in [4.78, 5) is 16.7. The second-order valence-corrected chi connectivity index (χ2v) is 7.72. The predicted molar refractivity (Wildman–Crippen MR) is 124 cm³/mol. The summed E-state index contributed by atoms with van der Waals surface area (Å²) >= 11 is 0. The fraction of sp³-hybridized carbons (Fsp3) is 0.107. The van der Waals surface area contributed by atoms with Crippen LogP contribution in [-0.2, 0) is 0 Å². The molecule has 1 unspecified atom stereocenters. The van der Waals surface area contributed by atoms with Gasteiger partial charge < -0.3 is 9.47 Å². The third-order valence-electron chi connectivity index (χ3n) is 5.65. The van der Waals surface area contributed by atoms with E-state index in [9.17, 15) is 10.1 Å². The van der Waals surface area contributed by atoms with Crippen molar-refractivity contribution in [2.45, 2.75) is 12.5 Å². The molecule has 0 saturated carbocycles. The van der Waals surface area contributed by atoms with Gasteiger partial charge >= 0.3 is 0 Å². The van der Waals surface area contributed by atoms with Crippen LogP contribution in [0.1, 0.15) is 39.6 Å². The van der Waals surface area contributed by atoms with Crippen LogP contribution in [-0.4, -0.2) is 17.4 Å². The zero-order valence-corrected chi connectivity index (χ0v) is 17.8. The van der Waals surface area contributed by atoms with Crippen molar-refractivity contribution in [2.75, 3.05) is 6.61 Å². The Morgan fingerprint density at radius 2 is 1.64 bits per heavy atom. The van der Waals surface area contributed by atoms with Gasteiger partial charge in [0, 0.05) is 18.8 Å². The van der Waals surface area contributed by atoms with Crippen LogP contribution >= 0.6 is 0 Å². The Morgan fingerprint density at radius 1 is 0.909 bits per heavy atom. The van der Waals surface area contributed by atoms with Crippen LogP contribution in [0.25, 0.3) is 11.1 Å². The van der Waals surface area contributed by atoms with Crippen molar-refractivity contribution in [1.29, 1.82) is 5.26 Å². The van der Waals surface area contributed by atoms with Gasteiger partial charge in [-0.1, -0.05) is 42.5 Å². The number of carbonyl (C=O) groups is 1. The smallest absolute Gasteiger partial charge is 0.170 e. The van der Waals surface area contributed by atoms with Gasteiger partial charge in [-0.2, -0.15) is 5.26 Å². The van der Waals surface area contributed by atoms with Crippen molar-refractivity contribution < 1.29 is 14.3 Å². The molecule has 0 radical (unpaired) electrons. The van der Waals surface area contributed by atoms with E-state index >= 15 is 0 Å². The van der Waals surface area contributed by atoms with E-state index < -0.39 is 6.10 Å². The number of ketones is 1. The number of hydrogen-bond donors (Lipinski definition) is 0. The second kappa shape index (κ2) is 8.97. The van der Waals surface area contributed by atoms with E-state index in [0.717, 1.165) is 22.3 Å². The Labute approximate surface area is 191 Å². The van der Waals surface area contributed by atoms with Gasteiger partial charge in [-0.15, -0.1) is 0 Å². The molecule has 1 aromatic heterocycles. The van der Waals surface area contributed by atoms with Crippen LogP contribution in [0.5, 0.6) is 11.5 Å². The highest BCUT2D eigenvalue weighted by Crippen LogP contribution is 2.44. The van der Waals surface area contributed by atoms with Gasteiger partial charge in [0.2, 0.25) is 0 Å². The van der Waals surface area contributed by atoms with Crippen LogP contribution in [0.15, 0.2) is 91.3 Å². The molecule has 5 heteroatoms. The molecule has 0 saturated heterocycles. The summed E-state index contributed by atoms with van der Waals surface area (Å²) in [6.45, 7) is 0.346. The lowest BCUT2D eigenvalue weighted by molar-refractivity contribution is 0.0933. The van der Waals surface area contributed by atoms with E-state index in [1.807, 2.05) is 60.7 Å². The maximum Gasteiger partial charge on any atom is 0.170 e. The first-order valence-electron chi connectivity index (χ1n) is 10.7. The lowest BCUT2D eigenvalue weighted by Gasteiger charge is -2.26. The molecule has 1 aliphatic heterocycles. The highest BCUT2D eigenvalue weighted by atomic mass is 16.5. The first kappa shape index (κ1) is 20.5. The van der Waals surface area contributed by atoms with Gasteiger partial charge in [-0.05, 0) is 53.1 Å². The molecule has 1 atom stereocenters. The molecule has 0 aliphatic carbocycles. The molecule has 4 aromatic rings. The van der Waals surface area contributed by atoms with Gasteiger partial charge in [0.15, 0.2) is 5.78 Å². The largest absolute Gasteiger partial charge is 0.492 e. The zero-order chi connectivity index (χ0) is 22.6. The van der Waals surface area contributed by atoms with Gasteiger partial charge in [-0.3, -0.25) is 9.78 Å². The minimum atomic E-state index is -0.444. The molecule has 0 amide bonds. The van der Waals surface area contributed by atoms with Gasteiger partial charge in [0.05, 0.1) is 29.4 Å². The lowest BCUT2D eigenvalue weighted by Crippen LogP contribution is -2.17. The Hall–Kier alpha value is -4.43. The summed E-state index contributed by atoms with van der Waals surface area (Å²) in [6, 6.07) is 26.7. The number of ether oxygens (including phenoxy) is 2. The minimum absolute atomic E-state index is 0.0674. The van der Waals surface area contributed by atoms with E-state index in [-0.39, 0.29) is 5.78 Å². The van der Waals surface area contributed by atoms with Crippen molar-refractivity contribution in [1.82, 2.24) is 4.98 Å². The molecule has 0 fully saturated rings. The number of pyridine rings is 1. The van der Waals surface area contributed by atoms with Crippen molar-refractivity contribution in [3.8, 4) is 28.7 Å². The summed E-state index contributed by atoms with van der Waals surface area (Å²) in [5, 5.41) is 9.18. The first-order chi connectivity index (χ1) is 16.2. The molecular weight excluding hydrogens is 412 g/mol. The molecule has 2 heterocycles. The van der Waals surface area contributed by atoms with Crippen LogP contribution < -0.4 is 9.47 Å². The number of carbonyl (C=O) groups excluding carboxylic acids is 1. The Balaban J connectivity index is 1.65. The first-order valence-corrected chi connectivity index (χ1v) is 10.7. The second-order valence-electron chi connectivity index (χ2n) is 7.72. The maximum absolute atomic E-state index is 12.6. The van der Waals surface area contributed by atoms with Crippen LogP contribution in [0, 0.1) is 11.3 Å².